The lowest BCUT2D eigenvalue weighted by atomic mass is 9.88. The molecule has 1 aliphatic rings. The average molecular weight is 403 g/mol. The van der Waals surface area contributed by atoms with E-state index in [0.29, 0.717) is 11.1 Å². The van der Waals surface area contributed by atoms with Crippen LogP contribution in [0.5, 0.6) is 5.75 Å². The van der Waals surface area contributed by atoms with Gasteiger partial charge in [0.15, 0.2) is 5.54 Å². The quantitative estimate of drug-likeness (QED) is 0.641. The zero-order chi connectivity index (χ0) is 21.3. The summed E-state index contributed by atoms with van der Waals surface area (Å²) < 4.78 is 6.86. The Hall–Kier alpha value is -3.87. The third-order valence-electron chi connectivity index (χ3n) is 5.36. The van der Waals surface area contributed by atoms with Gasteiger partial charge in [0.2, 0.25) is 0 Å². The van der Waals surface area contributed by atoms with Crippen molar-refractivity contribution in [1.29, 1.82) is 0 Å². The highest BCUT2D eigenvalue weighted by molar-refractivity contribution is 6.07. The zero-order valence-corrected chi connectivity index (χ0v) is 16.6. The van der Waals surface area contributed by atoms with E-state index < -0.39 is 17.5 Å². The van der Waals surface area contributed by atoms with Crippen molar-refractivity contribution in [2.24, 2.45) is 0 Å². The van der Waals surface area contributed by atoms with Crippen LogP contribution in [0.1, 0.15) is 11.1 Å². The first-order valence-electron chi connectivity index (χ1n) is 9.48. The Balaban J connectivity index is 1.77. The summed E-state index contributed by atoms with van der Waals surface area (Å²) in [5, 5.41) is 5.03. The fourth-order valence-electron chi connectivity index (χ4n) is 3.75. The fourth-order valence-corrected chi connectivity index (χ4v) is 3.75. The molecule has 2 heterocycles. The molecule has 0 bridgehead atoms. The Morgan fingerprint density at radius 1 is 0.967 bits per heavy atom. The van der Waals surface area contributed by atoms with E-state index in [9.17, 15) is 14.4 Å². The SMILES string of the molecule is COc1ccccc1-c1ccc(C2(Cn3cccc(C)c3=O)NC(=O)NC2=O)cc1. The summed E-state index contributed by atoms with van der Waals surface area (Å²) in [6.45, 7) is 1.69. The van der Waals surface area contributed by atoms with Gasteiger partial charge in [0, 0.05) is 17.3 Å². The molecule has 30 heavy (non-hydrogen) atoms. The van der Waals surface area contributed by atoms with Crippen molar-refractivity contribution in [3.8, 4) is 16.9 Å². The van der Waals surface area contributed by atoms with Crippen molar-refractivity contribution in [3.63, 3.8) is 0 Å². The molecule has 3 aromatic rings. The molecule has 3 amide bonds. The molecule has 0 aliphatic carbocycles. The van der Waals surface area contributed by atoms with Crippen LogP contribution in [-0.4, -0.2) is 23.6 Å². The number of ether oxygens (including phenoxy) is 1. The third kappa shape index (κ3) is 3.24. The molecule has 0 spiro atoms. The Morgan fingerprint density at radius 3 is 2.37 bits per heavy atom. The Morgan fingerprint density at radius 2 is 1.70 bits per heavy atom. The van der Waals surface area contributed by atoms with Crippen molar-refractivity contribution in [1.82, 2.24) is 15.2 Å². The topological polar surface area (TPSA) is 89.4 Å². The second-order valence-electron chi connectivity index (χ2n) is 7.22. The molecule has 1 atom stereocenters. The number of carbonyl (C=O) groups excluding carboxylic acids is 2. The average Bonchev–Trinajstić information content (AvgIpc) is 3.05. The summed E-state index contributed by atoms with van der Waals surface area (Å²) in [6, 6.07) is 17.8. The van der Waals surface area contributed by atoms with Crippen molar-refractivity contribution in [3.05, 3.63) is 88.3 Å². The summed E-state index contributed by atoms with van der Waals surface area (Å²) in [5.41, 5.74) is 1.37. The first-order valence-corrected chi connectivity index (χ1v) is 9.48. The van der Waals surface area contributed by atoms with Gasteiger partial charge in [-0.2, -0.15) is 0 Å². The van der Waals surface area contributed by atoms with Gasteiger partial charge >= 0.3 is 6.03 Å². The molecule has 1 fully saturated rings. The van der Waals surface area contributed by atoms with Crippen LogP contribution in [0.15, 0.2) is 71.7 Å². The normalized spacial score (nSPS) is 18.1. The number of pyridine rings is 1. The number of carbonyl (C=O) groups is 2. The highest BCUT2D eigenvalue weighted by Gasteiger charge is 2.48. The molecule has 1 saturated heterocycles. The molecule has 0 radical (unpaired) electrons. The van der Waals surface area contributed by atoms with Gasteiger partial charge in [-0.3, -0.25) is 14.9 Å². The molecule has 7 heteroatoms. The van der Waals surface area contributed by atoms with E-state index in [-0.39, 0.29) is 12.1 Å². The number of aromatic nitrogens is 1. The van der Waals surface area contributed by atoms with Crippen LogP contribution >= 0.6 is 0 Å². The molecule has 7 nitrogen and oxygen atoms in total. The number of methoxy groups -OCH3 is 1. The van der Waals surface area contributed by atoms with Crippen LogP contribution in [0.4, 0.5) is 4.79 Å². The van der Waals surface area contributed by atoms with Gasteiger partial charge in [-0.25, -0.2) is 4.79 Å². The lowest BCUT2D eigenvalue weighted by Crippen LogP contribution is -2.49. The Bertz CT molecular complexity index is 1180. The number of nitrogens with zero attached hydrogens (tertiary/aromatic N) is 1. The molecule has 1 aromatic heterocycles. The monoisotopic (exact) mass is 403 g/mol. The predicted molar refractivity (Wildman–Crippen MR) is 112 cm³/mol. The Labute approximate surface area is 173 Å². The van der Waals surface area contributed by atoms with E-state index >= 15 is 0 Å². The van der Waals surface area contributed by atoms with Crippen molar-refractivity contribution in [2.45, 2.75) is 19.0 Å². The number of hydrogen-bond acceptors (Lipinski definition) is 4. The summed E-state index contributed by atoms with van der Waals surface area (Å²) in [7, 11) is 1.61. The molecule has 2 N–H and O–H groups in total. The van der Waals surface area contributed by atoms with Gasteiger partial charge < -0.3 is 14.6 Å². The van der Waals surface area contributed by atoms with E-state index in [1.54, 1.807) is 44.5 Å². The van der Waals surface area contributed by atoms with E-state index in [4.69, 9.17) is 4.74 Å². The number of nitrogens with one attached hydrogen (secondary N) is 2. The maximum absolute atomic E-state index is 12.8. The maximum atomic E-state index is 12.8. The van der Waals surface area contributed by atoms with Crippen LogP contribution in [0, 0.1) is 6.92 Å². The summed E-state index contributed by atoms with van der Waals surface area (Å²) in [4.78, 5) is 37.4. The lowest BCUT2D eigenvalue weighted by molar-refractivity contribution is -0.124. The van der Waals surface area contributed by atoms with E-state index in [1.807, 2.05) is 36.4 Å². The van der Waals surface area contributed by atoms with Gasteiger partial charge in [0.1, 0.15) is 5.75 Å². The lowest BCUT2D eigenvalue weighted by Gasteiger charge is -2.27. The predicted octanol–water partition coefficient (Wildman–Crippen LogP) is 2.57. The second-order valence-corrected chi connectivity index (χ2v) is 7.22. The number of benzene rings is 2. The molecule has 4 rings (SSSR count). The van der Waals surface area contributed by atoms with Crippen LogP contribution < -0.4 is 20.9 Å². The van der Waals surface area contributed by atoms with Crippen LogP contribution in [0.25, 0.3) is 11.1 Å². The smallest absolute Gasteiger partial charge is 0.322 e. The first-order chi connectivity index (χ1) is 14.4. The standard InChI is InChI=1S/C23H21N3O4/c1-15-6-5-13-26(20(15)27)14-23(21(28)24-22(29)25-23)17-11-9-16(10-12-17)18-7-3-4-8-19(18)30-2/h3-13H,14H2,1-2H3,(H2,24,25,28,29). The minimum absolute atomic E-state index is 0.0148. The summed E-state index contributed by atoms with van der Waals surface area (Å²) in [5.74, 6) is 0.240. The number of imide groups is 1. The van der Waals surface area contributed by atoms with Crippen LogP contribution in [0.2, 0.25) is 0 Å². The number of amides is 3. The minimum atomic E-state index is -1.38. The third-order valence-corrected chi connectivity index (χ3v) is 5.36. The van der Waals surface area contributed by atoms with Crippen LogP contribution in [0.3, 0.4) is 0 Å². The highest BCUT2D eigenvalue weighted by Crippen LogP contribution is 2.33. The van der Waals surface area contributed by atoms with Crippen LogP contribution in [-0.2, 0) is 16.9 Å². The molecule has 1 aliphatic heterocycles. The van der Waals surface area contributed by atoms with E-state index in [2.05, 4.69) is 10.6 Å². The number of urea groups is 1. The molecule has 0 saturated carbocycles. The highest BCUT2D eigenvalue weighted by atomic mass is 16.5. The van der Waals surface area contributed by atoms with Crippen molar-refractivity contribution in [2.75, 3.05) is 7.11 Å². The largest absolute Gasteiger partial charge is 0.496 e. The number of para-hydroxylation sites is 1. The number of rotatable bonds is 5. The molecule has 2 aromatic carbocycles. The Kier molecular flexibility index (Phi) is 4.87. The van der Waals surface area contributed by atoms with Gasteiger partial charge in [0.05, 0.1) is 13.7 Å². The van der Waals surface area contributed by atoms with Gasteiger partial charge in [-0.15, -0.1) is 0 Å². The molecule has 1 unspecified atom stereocenters. The maximum Gasteiger partial charge on any atom is 0.322 e. The molecular weight excluding hydrogens is 382 g/mol. The van der Waals surface area contributed by atoms with Gasteiger partial charge in [-0.1, -0.05) is 48.5 Å². The molecule has 152 valence electrons. The van der Waals surface area contributed by atoms with Gasteiger partial charge in [0.25, 0.3) is 11.5 Å². The van der Waals surface area contributed by atoms with Crippen molar-refractivity contribution < 1.29 is 14.3 Å². The number of hydrogen-bond donors (Lipinski definition) is 2. The summed E-state index contributed by atoms with van der Waals surface area (Å²) in [6.07, 6.45) is 1.61. The van der Waals surface area contributed by atoms with E-state index in [0.717, 1.165) is 16.9 Å². The van der Waals surface area contributed by atoms with Crippen molar-refractivity contribution >= 4 is 11.9 Å². The van der Waals surface area contributed by atoms with Gasteiger partial charge in [-0.05, 0) is 30.2 Å². The minimum Gasteiger partial charge on any atom is -0.496 e. The summed E-state index contributed by atoms with van der Waals surface area (Å²) >= 11 is 0. The molecular formula is C23H21N3O4. The second kappa shape index (κ2) is 7.51. The fraction of sp³-hybridized carbons (Fsp3) is 0.174. The zero-order valence-electron chi connectivity index (χ0n) is 16.6. The van der Waals surface area contributed by atoms with E-state index in [1.165, 1.54) is 4.57 Å². The number of aryl methyl sites for hydroxylation is 1. The first kappa shape index (κ1) is 19.4.